The van der Waals surface area contributed by atoms with Crippen molar-refractivity contribution < 1.29 is 14.1 Å². The average Bonchev–Trinajstić information content (AvgIpc) is 3.53. The molecule has 0 radical (unpaired) electrons. The Bertz CT molecular complexity index is 1430. The number of carbonyl (C=O) groups is 1. The van der Waals surface area contributed by atoms with Crippen LogP contribution in [0.25, 0.3) is 11.3 Å². The lowest BCUT2D eigenvalue weighted by atomic mass is 10.0. The lowest BCUT2D eigenvalue weighted by Crippen LogP contribution is -2.32. The minimum absolute atomic E-state index is 0.0424. The predicted molar refractivity (Wildman–Crippen MR) is 143 cm³/mol. The Hall–Kier alpha value is -4.57. The molecule has 0 aliphatic carbocycles. The van der Waals surface area contributed by atoms with Crippen LogP contribution in [0.1, 0.15) is 30.0 Å². The minimum Gasteiger partial charge on any atom is -0.459 e. The maximum absolute atomic E-state index is 12.7. The molecule has 2 aromatic heterocycles. The Labute approximate surface area is 218 Å². The van der Waals surface area contributed by atoms with Crippen molar-refractivity contribution in [1.29, 1.82) is 0 Å². The van der Waals surface area contributed by atoms with E-state index in [9.17, 15) is 14.9 Å². The van der Waals surface area contributed by atoms with Gasteiger partial charge in [0.05, 0.1) is 22.2 Å². The molecule has 1 aliphatic heterocycles. The van der Waals surface area contributed by atoms with Crippen LogP contribution in [0.5, 0.6) is 0 Å². The number of carbonyl (C=O) groups excluding carboxylic acids is 1. The summed E-state index contributed by atoms with van der Waals surface area (Å²) < 4.78 is 6.20. The van der Waals surface area contributed by atoms with Crippen LogP contribution < -0.4 is 10.6 Å². The fourth-order valence-electron chi connectivity index (χ4n) is 4.42. The van der Waals surface area contributed by atoms with Crippen molar-refractivity contribution in [2.24, 2.45) is 0 Å². The molecule has 186 valence electrons. The molecule has 0 saturated carbocycles. The summed E-state index contributed by atoms with van der Waals surface area (Å²) >= 11 is 5.66. The first-order chi connectivity index (χ1) is 18.0. The zero-order valence-electron chi connectivity index (χ0n) is 19.6. The Morgan fingerprint density at radius 3 is 2.57 bits per heavy atom. The van der Waals surface area contributed by atoms with E-state index in [0.717, 1.165) is 11.4 Å². The molecule has 1 amide bonds. The summed E-state index contributed by atoms with van der Waals surface area (Å²) in [5, 5.41) is 18.2. The zero-order chi connectivity index (χ0) is 25.8. The number of rotatable bonds is 8. The normalized spacial score (nSPS) is 16.9. The van der Waals surface area contributed by atoms with Crippen molar-refractivity contribution in [2.75, 3.05) is 11.9 Å². The molecule has 2 N–H and O–H groups in total. The smallest absolute Gasteiger partial charge is 0.280 e. The number of nitro benzene ring substituents is 1. The highest BCUT2D eigenvalue weighted by atomic mass is 32.1. The van der Waals surface area contributed by atoms with Gasteiger partial charge in [-0.1, -0.05) is 36.4 Å². The number of anilines is 1. The van der Waals surface area contributed by atoms with Crippen LogP contribution >= 0.6 is 12.2 Å². The molecule has 4 aromatic rings. The topological polar surface area (TPSA) is 114 Å². The molecule has 1 aliphatic rings. The number of benzene rings is 2. The molecule has 1 fully saturated rings. The summed E-state index contributed by atoms with van der Waals surface area (Å²) in [4.78, 5) is 30.2. The average molecular weight is 514 g/mol. The maximum atomic E-state index is 12.7. The number of thiocarbonyl (C=S) groups is 1. The zero-order valence-corrected chi connectivity index (χ0v) is 20.4. The molecular formula is C27H23N5O4S. The summed E-state index contributed by atoms with van der Waals surface area (Å²) in [5.74, 6) is 0.787. The fourth-order valence-corrected chi connectivity index (χ4v) is 4.75. The molecule has 10 heteroatoms. The van der Waals surface area contributed by atoms with Gasteiger partial charge >= 0.3 is 0 Å². The molecular weight excluding hydrogens is 490 g/mol. The van der Waals surface area contributed by atoms with Gasteiger partial charge in [-0.25, -0.2) is 0 Å². The van der Waals surface area contributed by atoms with Crippen molar-refractivity contribution in [3.8, 4) is 11.3 Å². The molecule has 37 heavy (non-hydrogen) atoms. The van der Waals surface area contributed by atoms with Gasteiger partial charge in [-0.3, -0.25) is 19.9 Å². The van der Waals surface area contributed by atoms with Crippen molar-refractivity contribution in [2.45, 2.75) is 18.5 Å². The van der Waals surface area contributed by atoms with Crippen molar-refractivity contribution in [1.82, 2.24) is 15.2 Å². The second kappa shape index (κ2) is 10.6. The Morgan fingerprint density at radius 1 is 1.05 bits per heavy atom. The van der Waals surface area contributed by atoms with E-state index in [-0.39, 0.29) is 24.1 Å². The predicted octanol–water partition coefficient (Wildman–Crippen LogP) is 5.25. The largest absolute Gasteiger partial charge is 0.459 e. The number of aromatic nitrogens is 1. The molecule has 2 aromatic carbocycles. The van der Waals surface area contributed by atoms with Crippen molar-refractivity contribution in [3.63, 3.8) is 0 Å². The van der Waals surface area contributed by atoms with Gasteiger partial charge in [0, 0.05) is 30.9 Å². The van der Waals surface area contributed by atoms with E-state index in [1.54, 1.807) is 36.5 Å². The number of nitrogens with one attached hydrogen (secondary N) is 2. The second-order valence-corrected chi connectivity index (χ2v) is 8.85. The van der Waals surface area contributed by atoms with Gasteiger partial charge in [0.25, 0.3) is 5.69 Å². The number of nitrogens with zero attached hydrogens (tertiary/aromatic N) is 3. The number of para-hydroxylation sites is 2. The van der Waals surface area contributed by atoms with Gasteiger partial charge in [-0.15, -0.1) is 0 Å². The van der Waals surface area contributed by atoms with Crippen molar-refractivity contribution >= 4 is 34.6 Å². The second-order valence-electron chi connectivity index (χ2n) is 8.46. The summed E-state index contributed by atoms with van der Waals surface area (Å²) in [5.41, 5.74) is 1.82. The molecule has 2 atom stereocenters. The van der Waals surface area contributed by atoms with E-state index in [0.29, 0.717) is 28.7 Å². The lowest BCUT2D eigenvalue weighted by molar-refractivity contribution is -0.384. The maximum Gasteiger partial charge on any atom is 0.280 e. The molecule has 0 spiro atoms. The highest BCUT2D eigenvalue weighted by molar-refractivity contribution is 7.80. The Balaban J connectivity index is 1.43. The number of amides is 1. The Kier molecular flexibility index (Phi) is 6.91. The van der Waals surface area contributed by atoms with Crippen LogP contribution in [0.2, 0.25) is 0 Å². The van der Waals surface area contributed by atoms with E-state index >= 15 is 0 Å². The third kappa shape index (κ3) is 5.19. The minimum atomic E-state index is -0.432. The molecule has 0 bridgehead atoms. The molecule has 3 heterocycles. The van der Waals surface area contributed by atoms with E-state index in [1.807, 2.05) is 53.4 Å². The van der Waals surface area contributed by atoms with E-state index in [2.05, 4.69) is 15.6 Å². The number of pyridine rings is 1. The summed E-state index contributed by atoms with van der Waals surface area (Å²) in [6.45, 7) is 0.333. The highest BCUT2D eigenvalue weighted by Crippen LogP contribution is 2.41. The third-order valence-corrected chi connectivity index (χ3v) is 6.47. The first kappa shape index (κ1) is 24.1. The third-order valence-electron chi connectivity index (χ3n) is 6.12. The van der Waals surface area contributed by atoms with Gasteiger partial charge < -0.3 is 20.0 Å². The highest BCUT2D eigenvalue weighted by Gasteiger charge is 2.41. The van der Waals surface area contributed by atoms with Crippen LogP contribution in [0.15, 0.2) is 95.5 Å². The molecule has 2 unspecified atom stereocenters. The number of hydrogen-bond donors (Lipinski definition) is 2. The van der Waals surface area contributed by atoms with Crippen LogP contribution in [0.3, 0.4) is 0 Å². The van der Waals surface area contributed by atoms with E-state index < -0.39 is 11.0 Å². The van der Waals surface area contributed by atoms with Gasteiger partial charge in [-0.05, 0) is 54.7 Å². The Morgan fingerprint density at radius 2 is 1.81 bits per heavy atom. The molecule has 9 nitrogen and oxygen atoms in total. The number of nitro groups is 1. The standard InChI is InChI=1S/C27H23N5O4S/c33-24(29-18-8-2-1-3-9-18)15-17-31-26(25(30-27(31)37)20-11-6-7-16-28-20)23-14-13-22(36-23)19-10-4-5-12-21(19)32(34)35/h1-14,16,25-26H,15,17H2,(H,29,33)(H,30,37). The summed E-state index contributed by atoms with van der Waals surface area (Å²) in [6, 6.07) is 24.1. The fraction of sp³-hybridized carbons (Fsp3) is 0.148. The number of furan rings is 1. The number of hydrogen-bond acceptors (Lipinski definition) is 6. The summed E-state index contributed by atoms with van der Waals surface area (Å²) in [7, 11) is 0. The van der Waals surface area contributed by atoms with E-state index in [1.165, 1.54) is 6.07 Å². The first-order valence-electron chi connectivity index (χ1n) is 11.7. The monoisotopic (exact) mass is 513 g/mol. The van der Waals surface area contributed by atoms with Gasteiger partial charge in [-0.2, -0.15) is 0 Å². The van der Waals surface area contributed by atoms with Crippen LogP contribution in [-0.2, 0) is 4.79 Å². The van der Waals surface area contributed by atoms with Crippen LogP contribution in [0, 0.1) is 10.1 Å². The van der Waals surface area contributed by atoms with Crippen molar-refractivity contribution in [3.05, 3.63) is 113 Å². The van der Waals surface area contributed by atoms with Gasteiger partial charge in [0.1, 0.15) is 17.6 Å². The molecule has 5 rings (SSSR count). The van der Waals surface area contributed by atoms with Crippen LogP contribution in [0.4, 0.5) is 11.4 Å². The SMILES string of the molecule is O=C(CCN1C(=S)NC(c2ccccn2)C1c1ccc(-c2ccccc2[N+](=O)[O-])o1)Nc1ccccc1. The van der Waals surface area contributed by atoms with Crippen LogP contribution in [-0.4, -0.2) is 32.4 Å². The van der Waals surface area contributed by atoms with Gasteiger partial charge in [0.2, 0.25) is 5.91 Å². The molecule has 1 saturated heterocycles. The lowest BCUT2D eigenvalue weighted by Gasteiger charge is -2.25. The van der Waals surface area contributed by atoms with Gasteiger partial charge in [0.15, 0.2) is 5.11 Å². The summed E-state index contributed by atoms with van der Waals surface area (Å²) in [6.07, 6.45) is 1.90. The quantitative estimate of drug-likeness (QED) is 0.187. The first-order valence-corrected chi connectivity index (χ1v) is 12.1. The van der Waals surface area contributed by atoms with E-state index in [4.69, 9.17) is 16.6 Å².